The minimum atomic E-state index is 0.174. The highest BCUT2D eigenvalue weighted by atomic mass is 16.6. The van der Waals surface area contributed by atoms with E-state index in [1.807, 2.05) is 32.2 Å². The van der Waals surface area contributed by atoms with E-state index in [-0.39, 0.29) is 6.04 Å². The van der Waals surface area contributed by atoms with Gasteiger partial charge in [0.2, 0.25) is 0 Å². The summed E-state index contributed by atoms with van der Waals surface area (Å²) < 4.78 is 15.7. The first-order valence-electron chi connectivity index (χ1n) is 6.41. The third-order valence-corrected chi connectivity index (χ3v) is 3.23. The maximum absolute atomic E-state index is 5.85. The van der Waals surface area contributed by atoms with Crippen LogP contribution in [0.1, 0.15) is 29.9 Å². The first-order valence-corrected chi connectivity index (χ1v) is 6.41. The third kappa shape index (κ3) is 3.08. The predicted molar refractivity (Wildman–Crippen MR) is 73.8 cm³/mol. The molecule has 108 valence electrons. The van der Waals surface area contributed by atoms with Crippen LogP contribution in [0, 0.1) is 6.92 Å². The van der Waals surface area contributed by atoms with Crippen LogP contribution in [0.5, 0.6) is 11.5 Å². The van der Waals surface area contributed by atoms with Gasteiger partial charge < -0.3 is 14.8 Å². The molecular weight excluding hydrogens is 258 g/mol. The van der Waals surface area contributed by atoms with Crippen molar-refractivity contribution in [3.8, 4) is 11.5 Å². The number of methoxy groups -OCH3 is 1. The molecule has 0 saturated carbocycles. The number of nitrogens with one attached hydrogen (secondary N) is 1. The monoisotopic (exact) mass is 277 g/mol. The summed E-state index contributed by atoms with van der Waals surface area (Å²) >= 11 is 0. The fourth-order valence-electron chi connectivity index (χ4n) is 1.81. The molecule has 1 N–H and O–H groups in total. The Kier molecular flexibility index (Phi) is 4.57. The van der Waals surface area contributed by atoms with Crippen LogP contribution in [0.2, 0.25) is 0 Å². The van der Waals surface area contributed by atoms with Crippen LogP contribution in [0.3, 0.4) is 0 Å². The lowest BCUT2D eigenvalue weighted by Crippen LogP contribution is -2.14. The lowest BCUT2D eigenvalue weighted by molar-refractivity contribution is 0.266. The molecule has 0 amide bonds. The van der Waals surface area contributed by atoms with E-state index in [4.69, 9.17) is 9.47 Å². The zero-order valence-corrected chi connectivity index (χ0v) is 12.1. The zero-order chi connectivity index (χ0) is 14.5. The van der Waals surface area contributed by atoms with Crippen LogP contribution >= 0.6 is 0 Å². The Labute approximate surface area is 118 Å². The molecule has 1 heterocycles. The summed E-state index contributed by atoms with van der Waals surface area (Å²) in [6, 6.07) is 5.95. The number of nitrogens with zero attached hydrogens (tertiary/aromatic N) is 2. The molecule has 2 rings (SSSR count). The van der Waals surface area contributed by atoms with E-state index in [9.17, 15) is 0 Å². The van der Waals surface area contributed by atoms with Gasteiger partial charge >= 0.3 is 0 Å². The first-order chi connectivity index (χ1) is 9.65. The number of hydrogen-bond acceptors (Lipinski definition) is 6. The number of aryl methyl sites for hydroxylation is 1. The van der Waals surface area contributed by atoms with Gasteiger partial charge in [0.15, 0.2) is 0 Å². The normalized spacial score (nSPS) is 12.2. The van der Waals surface area contributed by atoms with Crippen LogP contribution < -0.4 is 14.8 Å². The molecule has 1 aromatic heterocycles. The van der Waals surface area contributed by atoms with E-state index in [1.54, 1.807) is 7.11 Å². The Balaban J connectivity index is 2.21. The Morgan fingerprint density at radius 3 is 2.75 bits per heavy atom. The van der Waals surface area contributed by atoms with E-state index in [0.717, 1.165) is 22.8 Å². The van der Waals surface area contributed by atoms with Gasteiger partial charge in [0.05, 0.1) is 7.11 Å². The fourth-order valence-corrected chi connectivity index (χ4v) is 1.81. The molecule has 2 aromatic rings. The lowest BCUT2D eigenvalue weighted by atomic mass is 10.1. The summed E-state index contributed by atoms with van der Waals surface area (Å²) in [6.07, 6.45) is 0. The summed E-state index contributed by atoms with van der Waals surface area (Å²) in [5, 5.41) is 10.7. The average molecular weight is 277 g/mol. The Morgan fingerprint density at radius 2 is 2.15 bits per heavy atom. The molecule has 0 aliphatic carbocycles. The van der Waals surface area contributed by atoms with Gasteiger partial charge in [-0.3, -0.25) is 0 Å². The summed E-state index contributed by atoms with van der Waals surface area (Å²) in [4.78, 5) is 0. The Bertz CT molecular complexity index is 569. The smallest absolute Gasteiger partial charge is 0.145 e. The predicted octanol–water partition coefficient (Wildman–Crippen LogP) is 2.25. The van der Waals surface area contributed by atoms with Gasteiger partial charge in [0, 0.05) is 17.7 Å². The second-order valence-electron chi connectivity index (χ2n) is 4.50. The van der Waals surface area contributed by atoms with Gasteiger partial charge in [-0.25, -0.2) is 4.63 Å². The van der Waals surface area contributed by atoms with E-state index < -0.39 is 0 Å². The van der Waals surface area contributed by atoms with Crippen molar-refractivity contribution in [2.45, 2.75) is 26.5 Å². The quantitative estimate of drug-likeness (QED) is 0.873. The van der Waals surface area contributed by atoms with Crippen molar-refractivity contribution in [3.05, 3.63) is 35.2 Å². The summed E-state index contributed by atoms with van der Waals surface area (Å²) in [5.74, 6) is 1.51. The second kappa shape index (κ2) is 6.38. The summed E-state index contributed by atoms with van der Waals surface area (Å²) in [6.45, 7) is 4.21. The van der Waals surface area contributed by atoms with Gasteiger partial charge in [-0.05, 0) is 27.0 Å². The molecule has 6 nitrogen and oxygen atoms in total. The maximum atomic E-state index is 5.85. The van der Waals surface area contributed by atoms with Crippen LogP contribution in [-0.2, 0) is 6.61 Å². The number of ether oxygens (including phenoxy) is 2. The largest absolute Gasteiger partial charge is 0.497 e. The molecule has 0 spiro atoms. The minimum Gasteiger partial charge on any atom is -0.497 e. The molecule has 0 bridgehead atoms. The van der Waals surface area contributed by atoms with Crippen molar-refractivity contribution in [1.29, 1.82) is 0 Å². The average Bonchev–Trinajstić information content (AvgIpc) is 2.89. The van der Waals surface area contributed by atoms with Crippen molar-refractivity contribution >= 4 is 0 Å². The number of hydrogen-bond donors (Lipinski definition) is 1. The first kappa shape index (κ1) is 14.3. The SMILES string of the molecule is CNC(C)c1ccc(OC)cc1OCc1nonc1C. The van der Waals surface area contributed by atoms with Crippen LogP contribution in [0.15, 0.2) is 22.8 Å². The zero-order valence-electron chi connectivity index (χ0n) is 12.1. The van der Waals surface area contributed by atoms with Gasteiger partial charge in [0.25, 0.3) is 0 Å². The minimum absolute atomic E-state index is 0.174. The standard InChI is InChI=1S/C14H19N3O3/c1-9(15-3)12-6-5-11(18-4)7-14(12)19-8-13-10(2)16-20-17-13/h5-7,9,15H,8H2,1-4H3. The number of benzene rings is 1. The maximum Gasteiger partial charge on any atom is 0.145 e. The van der Waals surface area contributed by atoms with Crippen LogP contribution in [-0.4, -0.2) is 24.5 Å². The molecule has 0 radical (unpaired) electrons. The molecule has 20 heavy (non-hydrogen) atoms. The number of aromatic nitrogens is 2. The topological polar surface area (TPSA) is 69.4 Å². The Morgan fingerprint density at radius 1 is 1.35 bits per heavy atom. The molecule has 0 aliphatic rings. The molecule has 1 atom stereocenters. The van der Waals surface area contributed by atoms with Gasteiger partial charge in [-0.1, -0.05) is 16.4 Å². The molecule has 0 saturated heterocycles. The van der Waals surface area contributed by atoms with Crippen molar-refractivity contribution in [2.75, 3.05) is 14.2 Å². The fraction of sp³-hybridized carbons (Fsp3) is 0.429. The highest BCUT2D eigenvalue weighted by molar-refractivity contribution is 5.42. The van der Waals surface area contributed by atoms with Crippen molar-refractivity contribution in [3.63, 3.8) is 0 Å². The van der Waals surface area contributed by atoms with Crippen molar-refractivity contribution in [2.24, 2.45) is 0 Å². The number of rotatable bonds is 6. The third-order valence-electron chi connectivity index (χ3n) is 3.23. The summed E-state index contributed by atoms with van der Waals surface area (Å²) in [5.41, 5.74) is 2.48. The van der Waals surface area contributed by atoms with Crippen molar-refractivity contribution in [1.82, 2.24) is 15.6 Å². The lowest BCUT2D eigenvalue weighted by Gasteiger charge is -2.17. The van der Waals surface area contributed by atoms with Crippen LogP contribution in [0.4, 0.5) is 0 Å². The van der Waals surface area contributed by atoms with Gasteiger partial charge in [-0.2, -0.15) is 0 Å². The van der Waals surface area contributed by atoms with Gasteiger partial charge in [-0.15, -0.1) is 0 Å². The van der Waals surface area contributed by atoms with Crippen molar-refractivity contribution < 1.29 is 14.1 Å². The summed E-state index contributed by atoms with van der Waals surface area (Å²) in [7, 11) is 3.54. The van der Waals surface area contributed by atoms with E-state index >= 15 is 0 Å². The van der Waals surface area contributed by atoms with E-state index in [0.29, 0.717) is 12.3 Å². The molecule has 0 fully saturated rings. The molecular formula is C14H19N3O3. The van der Waals surface area contributed by atoms with E-state index in [1.165, 1.54) is 0 Å². The van der Waals surface area contributed by atoms with Crippen LogP contribution in [0.25, 0.3) is 0 Å². The molecule has 1 aromatic carbocycles. The molecule has 1 unspecified atom stereocenters. The molecule has 6 heteroatoms. The van der Waals surface area contributed by atoms with Gasteiger partial charge in [0.1, 0.15) is 29.5 Å². The molecule has 0 aliphatic heterocycles. The Hall–Kier alpha value is -2.08. The second-order valence-corrected chi connectivity index (χ2v) is 4.50. The van der Waals surface area contributed by atoms with E-state index in [2.05, 4.69) is 27.2 Å². The highest BCUT2D eigenvalue weighted by Crippen LogP contribution is 2.30. The highest BCUT2D eigenvalue weighted by Gasteiger charge is 2.13.